The maximum atomic E-state index is 14.2. The molecular formula is C31H30N2O7. The zero-order chi connectivity index (χ0) is 28.3. The van der Waals surface area contributed by atoms with Crippen LogP contribution in [0.3, 0.4) is 0 Å². The molecule has 9 nitrogen and oxygen atoms in total. The predicted molar refractivity (Wildman–Crippen MR) is 143 cm³/mol. The molecule has 1 saturated carbocycles. The molecule has 2 aliphatic heterocycles. The summed E-state index contributed by atoms with van der Waals surface area (Å²) in [5.74, 6) is -5.31. The van der Waals surface area contributed by atoms with Gasteiger partial charge in [0.2, 0.25) is 23.6 Å². The summed E-state index contributed by atoms with van der Waals surface area (Å²) in [6.45, 7) is 1.84. The van der Waals surface area contributed by atoms with Gasteiger partial charge in [-0.25, -0.2) is 4.90 Å². The van der Waals surface area contributed by atoms with Gasteiger partial charge in [0, 0.05) is 18.9 Å². The maximum Gasteiger partial charge on any atom is 0.303 e. The number of amides is 4. The quantitative estimate of drug-likeness (QED) is 0.422. The van der Waals surface area contributed by atoms with E-state index in [1.807, 2.05) is 18.2 Å². The van der Waals surface area contributed by atoms with E-state index in [2.05, 4.69) is 0 Å². The number of aliphatic carboxylic acids is 1. The molecule has 4 aliphatic rings. The van der Waals surface area contributed by atoms with E-state index in [1.165, 1.54) is 9.80 Å². The molecule has 0 unspecified atom stereocenters. The van der Waals surface area contributed by atoms with Crippen molar-refractivity contribution in [3.8, 4) is 5.75 Å². The van der Waals surface area contributed by atoms with Gasteiger partial charge in [-0.3, -0.25) is 28.9 Å². The van der Waals surface area contributed by atoms with Crippen LogP contribution in [0.2, 0.25) is 0 Å². The van der Waals surface area contributed by atoms with Crippen molar-refractivity contribution in [3.63, 3.8) is 0 Å². The number of likely N-dealkylation sites (tertiary alicyclic amines) is 1. The first-order chi connectivity index (χ1) is 19.1. The second kappa shape index (κ2) is 9.43. The summed E-state index contributed by atoms with van der Waals surface area (Å²) in [6, 6.07) is 15.4. The molecule has 2 heterocycles. The van der Waals surface area contributed by atoms with Crippen LogP contribution >= 0.6 is 0 Å². The molecule has 0 spiro atoms. The summed E-state index contributed by atoms with van der Waals surface area (Å²) >= 11 is 0. The Kier molecular flexibility index (Phi) is 6.12. The minimum Gasteiger partial charge on any atom is -0.508 e. The van der Waals surface area contributed by atoms with Gasteiger partial charge in [-0.15, -0.1) is 0 Å². The van der Waals surface area contributed by atoms with Crippen molar-refractivity contribution >= 4 is 35.3 Å². The molecule has 2 N–H and O–H groups in total. The minimum absolute atomic E-state index is 0.0301. The number of rotatable bonds is 6. The number of carboxylic acids is 1. The van der Waals surface area contributed by atoms with Crippen molar-refractivity contribution in [1.29, 1.82) is 0 Å². The molecule has 2 aromatic rings. The van der Waals surface area contributed by atoms with Crippen LogP contribution in [-0.4, -0.2) is 51.3 Å². The highest BCUT2D eigenvalue weighted by atomic mass is 16.4. The van der Waals surface area contributed by atoms with Crippen LogP contribution in [0, 0.1) is 29.1 Å². The van der Waals surface area contributed by atoms with Gasteiger partial charge in [-0.05, 0) is 61.9 Å². The second-order valence-corrected chi connectivity index (χ2v) is 11.4. The van der Waals surface area contributed by atoms with Crippen molar-refractivity contribution in [3.05, 3.63) is 71.8 Å². The molecule has 0 bridgehead atoms. The number of phenolic OH excluding ortho intramolecular Hbond substituents is 1. The van der Waals surface area contributed by atoms with Crippen LogP contribution in [0.5, 0.6) is 5.75 Å². The van der Waals surface area contributed by atoms with E-state index < -0.39 is 41.0 Å². The Morgan fingerprint density at radius 1 is 0.975 bits per heavy atom. The molecule has 6 rings (SSSR count). The van der Waals surface area contributed by atoms with E-state index in [0.717, 1.165) is 5.57 Å². The predicted octanol–water partition coefficient (Wildman–Crippen LogP) is 3.49. The van der Waals surface area contributed by atoms with Gasteiger partial charge < -0.3 is 10.2 Å². The molecule has 2 aliphatic carbocycles. The normalized spacial score (nSPS) is 31.1. The first-order valence-electron chi connectivity index (χ1n) is 13.6. The summed E-state index contributed by atoms with van der Waals surface area (Å²) < 4.78 is 0. The van der Waals surface area contributed by atoms with E-state index in [1.54, 1.807) is 49.4 Å². The van der Waals surface area contributed by atoms with Crippen LogP contribution in [0.4, 0.5) is 5.69 Å². The van der Waals surface area contributed by atoms with Gasteiger partial charge in [0.15, 0.2) is 0 Å². The highest BCUT2D eigenvalue weighted by molar-refractivity contribution is 6.24. The first-order valence-corrected chi connectivity index (χ1v) is 13.6. The zero-order valence-corrected chi connectivity index (χ0v) is 22.0. The second-order valence-electron chi connectivity index (χ2n) is 11.4. The number of carboxylic acid groups (broad SMARTS) is 1. The average Bonchev–Trinajstić information content (AvgIpc) is 3.28. The lowest BCUT2D eigenvalue weighted by Crippen LogP contribution is -2.48. The zero-order valence-electron chi connectivity index (χ0n) is 22.0. The van der Waals surface area contributed by atoms with Crippen molar-refractivity contribution < 1.29 is 34.2 Å². The number of allylic oxidation sites excluding steroid dienone is 2. The smallest absolute Gasteiger partial charge is 0.303 e. The molecule has 2 aromatic carbocycles. The molecule has 4 amide bonds. The Morgan fingerprint density at radius 3 is 2.42 bits per heavy atom. The number of anilines is 1. The fourth-order valence-corrected chi connectivity index (χ4v) is 7.60. The van der Waals surface area contributed by atoms with Gasteiger partial charge in [-0.1, -0.05) is 42.0 Å². The third-order valence-electron chi connectivity index (χ3n) is 9.36. The van der Waals surface area contributed by atoms with Crippen molar-refractivity contribution in [2.45, 2.75) is 38.5 Å². The molecule has 0 radical (unpaired) electrons. The van der Waals surface area contributed by atoms with Crippen molar-refractivity contribution in [2.24, 2.45) is 29.1 Å². The summed E-state index contributed by atoms with van der Waals surface area (Å²) in [6.07, 6.45) is 2.54. The monoisotopic (exact) mass is 542 g/mol. The van der Waals surface area contributed by atoms with Gasteiger partial charge in [0.1, 0.15) is 5.75 Å². The highest BCUT2D eigenvalue weighted by Gasteiger charge is 2.67. The fraction of sp³-hybridized carbons (Fsp3) is 0.387. The molecule has 6 atom stereocenters. The van der Waals surface area contributed by atoms with Gasteiger partial charge in [-0.2, -0.15) is 0 Å². The Labute approximate surface area is 231 Å². The number of aromatic hydroxyl groups is 1. The van der Waals surface area contributed by atoms with Crippen LogP contribution in [0.15, 0.2) is 66.2 Å². The highest BCUT2D eigenvalue weighted by Crippen LogP contribution is 2.63. The third kappa shape index (κ3) is 3.71. The number of phenols is 1. The largest absolute Gasteiger partial charge is 0.508 e. The minimum atomic E-state index is -1.16. The van der Waals surface area contributed by atoms with E-state index in [4.69, 9.17) is 5.11 Å². The number of imide groups is 2. The Balaban J connectivity index is 1.44. The number of nitrogens with zero attached hydrogens (tertiary/aromatic N) is 2. The standard InChI is InChI=1S/C31H30N2O7/c1-31-23(28(38)33(30(31)40)18-8-3-2-4-9-18)16-22-20(26(31)17-7-5-10-19(34)15-17)12-13-21-25(22)29(39)32(27(21)37)14-6-11-24(35)36/h2-5,7-10,12,15,21-23,25-26,34H,6,11,13-14,16H2,1H3,(H,35,36)/t21-,22+,23-,25-,26-,31+/m0/s1. The number of carbonyl (C=O) groups is 5. The number of hydrogen-bond donors (Lipinski definition) is 2. The molecule has 40 heavy (non-hydrogen) atoms. The summed E-state index contributed by atoms with van der Waals surface area (Å²) in [7, 11) is 0. The van der Waals surface area contributed by atoms with Crippen LogP contribution < -0.4 is 4.90 Å². The van der Waals surface area contributed by atoms with Crippen LogP contribution in [0.25, 0.3) is 0 Å². The van der Waals surface area contributed by atoms with Gasteiger partial charge in [0.25, 0.3) is 0 Å². The van der Waals surface area contributed by atoms with E-state index in [0.29, 0.717) is 17.7 Å². The van der Waals surface area contributed by atoms with Crippen LogP contribution in [0.1, 0.15) is 44.1 Å². The molecule has 0 aromatic heterocycles. The summed E-state index contributed by atoms with van der Waals surface area (Å²) in [5, 5.41) is 19.4. The summed E-state index contributed by atoms with van der Waals surface area (Å²) in [5.41, 5.74) is 0.834. The lowest BCUT2D eigenvalue weighted by atomic mass is 9.51. The van der Waals surface area contributed by atoms with Gasteiger partial charge >= 0.3 is 5.97 Å². The maximum absolute atomic E-state index is 14.2. The number of carbonyl (C=O) groups excluding carboxylic acids is 4. The Hall–Kier alpha value is -4.27. The molecule has 3 fully saturated rings. The summed E-state index contributed by atoms with van der Waals surface area (Å²) in [4.78, 5) is 68.7. The lowest BCUT2D eigenvalue weighted by molar-refractivity contribution is -0.142. The van der Waals surface area contributed by atoms with Crippen molar-refractivity contribution in [2.75, 3.05) is 11.4 Å². The first kappa shape index (κ1) is 26.0. The lowest BCUT2D eigenvalue weighted by Gasteiger charge is -2.49. The number of para-hydroxylation sites is 1. The van der Waals surface area contributed by atoms with E-state index in [9.17, 15) is 29.1 Å². The molecule has 9 heteroatoms. The molecule has 206 valence electrons. The number of hydrogen-bond acceptors (Lipinski definition) is 6. The molecule has 2 saturated heterocycles. The topological polar surface area (TPSA) is 132 Å². The SMILES string of the molecule is C[C@@]12C(=O)N(c3ccccc3)C(=O)[C@@H]1C[C@@H]1C(=CC[C@@H]3C(=O)N(CCCC(=O)O)C(=O)[C@@H]31)[C@@H]2c1cccc(O)c1. The van der Waals surface area contributed by atoms with E-state index >= 15 is 0 Å². The Bertz CT molecular complexity index is 1470. The number of fused-ring (bicyclic) bond motifs is 4. The van der Waals surface area contributed by atoms with Gasteiger partial charge in [0.05, 0.1) is 28.9 Å². The van der Waals surface area contributed by atoms with E-state index in [-0.39, 0.29) is 55.2 Å². The average molecular weight is 543 g/mol. The molecular weight excluding hydrogens is 512 g/mol. The number of benzene rings is 2. The third-order valence-corrected chi connectivity index (χ3v) is 9.36. The van der Waals surface area contributed by atoms with Crippen molar-refractivity contribution in [1.82, 2.24) is 4.90 Å². The van der Waals surface area contributed by atoms with Crippen LogP contribution in [-0.2, 0) is 24.0 Å². The fourth-order valence-electron chi connectivity index (χ4n) is 7.60. The Morgan fingerprint density at radius 2 is 1.73 bits per heavy atom.